The van der Waals surface area contributed by atoms with E-state index in [0.717, 1.165) is 5.69 Å². The van der Waals surface area contributed by atoms with Crippen LogP contribution in [0.3, 0.4) is 0 Å². The zero-order valence-electron chi connectivity index (χ0n) is 8.71. The van der Waals surface area contributed by atoms with Gasteiger partial charge >= 0.3 is 6.01 Å². The number of ether oxygens (including phenoxy) is 1. The monoisotopic (exact) mass is 214 g/mol. The number of nitrogens with zero attached hydrogens (tertiary/aromatic N) is 3. The summed E-state index contributed by atoms with van der Waals surface area (Å²) in [5.74, 6) is 0.390. The molecule has 0 amide bonds. The number of aromatic nitrogens is 2. The second kappa shape index (κ2) is 3.95. The smallest absolute Gasteiger partial charge is 0.302 e. The molecule has 0 unspecified atom stereocenters. The lowest BCUT2D eigenvalue weighted by atomic mass is 10.2. The summed E-state index contributed by atoms with van der Waals surface area (Å²) in [6.07, 6.45) is 1.67. The van der Waals surface area contributed by atoms with Crippen LogP contribution in [0.5, 0.6) is 6.01 Å². The minimum atomic E-state index is 0.390. The van der Waals surface area contributed by atoms with Crippen molar-refractivity contribution in [1.29, 1.82) is 5.26 Å². The summed E-state index contributed by atoms with van der Waals surface area (Å²) in [4.78, 5) is 4.00. The number of anilines is 1. The Morgan fingerprint density at radius 2 is 2.06 bits per heavy atom. The van der Waals surface area contributed by atoms with E-state index in [9.17, 15) is 0 Å². The van der Waals surface area contributed by atoms with Crippen LogP contribution in [0.4, 0.5) is 5.82 Å². The Morgan fingerprint density at radius 1 is 1.38 bits per heavy atom. The highest BCUT2D eigenvalue weighted by molar-refractivity contribution is 5.44. The molecule has 0 aliphatic heterocycles. The molecule has 2 aromatic rings. The summed E-state index contributed by atoms with van der Waals surface area (Å²) in [6.45, 7) is 0. The molecule has 0 aliphatic carbocycles. The zero-order valence-corrected chi connectivity index (χ0v) is 8.71. The van der Waals surface area contributed by atoms with Gasteiger partial charge in [0, 0.05) is 0 Å². The predicted octanol–water partition coefficient (Wildman–Crippen LogP) is 1.33. The third-order valence-corrected chi connectivity index (χ3v) is 2.15. The van der Waals surface area contributed by atoms with Crippen LogP contribution in [0.1, 0.15) is 5.56 Å². The molecule has 16 heavy (non-hydrogen) atoms. The Balaban J connectivity index is 2.46. The molecule has 2 N–H and O–H groups in total. The van der Waals surface area contributed by atoms with Gasteiger partial charge in [-0.3, -0.25) is 4.57 Å². The summed E-state index contributed by atoms with van der Waals surface area (Å²) >= 11 is 0. The van der Waals surface area contributed by atoms with Crippen molar-refractivity contribution in [2.75, 3.05) is 12.8 Å². The molecule has 0 saturated heterocycles. The lowest BCUT2D eigenvalue weighted by Gasteiger charge is -2.05. The fourth-order valence-corrected chi connectivity index (χ4v) is 1.41. The first-order valence-corrected chi connectivity index (χ1v) is 4.64. The van der Waals surface area contributed by atoms with E-state index in [2.05, 4.69) is 11.1 Å². The number of hydrogen-bond donors (Lipinski definition) is 1. The minimum Gasteiger partial charge on any atom is -0.468 e. The predicted molar refractivity (Wildman–Crippen MR) is 59.2 cm³/mol. The average molecular weight is 214 g/mol. The highest BCUT2D eigenvalue weighted by atomic mass is 16.5. The fourth-order valence-electron chi connectivity index (χ4n) is 1.41. The number of hydrogen-bond acceptors (Lipinski definition) is 4. The molecule has 0 fully saturated rings. The summed E-state index contributed by atoms with van der Waals surface area (Å²) < 4.78 is 6.80. The third-order valence-electron chi connectivity index (χ3n) is 2.15. The first-order valence-electron chi connectivity index (χ1n) is 4.64. The Kier molecular flexibility index (Phi) is 2.48. The Bertz CT molecular complexity index is 536. The highest BCUT2D eigenvalue weighted by Gasteiger charge is 2.07. The van der Waals surface area contributed by atoms with Gasteiger partial charge in [-0.05, 0) is 24.3 Å². The highest BCUT2D eigenvalue weighted by Crippen LogP contribution is 2.19. The topological polar surface area (TPSA) is 76.9 Å². The maximum absolute atomic E-state index is 8.69. The number of nitrogen functional groups attached to an aromatic ring is 1. The van der Waals surface area contributed by atoms with E-state index in [1.807, 2.05) is 12.1 Å². The summed E-state index contributed by atoms with van der Waals surface area (Å²) in [5.41, 5.74) is 7.04. The molecule has 0 saturated carbocycles. The quantitative estimate of drug-likeness (QED) is 0.818. The lowest BCUT2D eigenvalue weighted by molar-refractivity contribution is 0.374. The summed E-state index contributed by atoms with van der Waals surface area (Å²) in [5, 5.41) is 8.69. The van der Waals surface area contributed by atoms with Gasteiger partial charge in [0.05, 0.1) is 30.6 Å². The van der Waals surface area contributed by atoms with Crippen molar-refractivity contribution < 1.29 is 4.74 Å². The molecule has 1 aromatic carbocycles. The van der Waals surface area contributed by atoms with Crippen LogP contribution in [0.15, 0.2) is 30.5 Å². The van der Waals surface area contributed by atoms with Gasteiger partial charge in [-0.25, -0.2) is 0 Å². The summed E-state index contributed by atoms with van der Waals surface area (Å²) in [7, 11) is 1.53. The maximum Gasteiger partial charge on any atom is 0.302 e. The lowest BCUT2D eigenvalue weighted by Crippen LogP contribution is -1.97. The molecule has 1 heterocycles. The van der Waals surface area contributed by atoms with E-state index < -0.39 is 0 Å². The molecule has 0 aliphatic rings. The van der Waals surface area contributed by atoms with Crippen LogP contribution in [0, 0.1) is 11.3 Å². The van der Waals surface area contributed by atoms with E-state index in [1.54, 1.807) is 22.9 Å². The SMILES string of the molecule is COc1nc(N)cn1-c1ccc(C#N)cc1. The van der Waals surface area contributed by atoms with Crippen molar-refractivity contribution in [1.82, 2.24) is 9.55 Å². The molecule has 5 nitrogen and oxygen atoms in total. The van der Waals surface area contributed by atoms with Crippen LogP contribution in [-0.4, -0.2) is 16.7 Å². The van der Waals surface area contributed by atoms with Crippen LogP contribution in [0.25, 0.3) is 5.69 Å². The molecule has 2 rings (SSSR count). The van der Waals surface area contributed by atoms with Gasteiger partial charge in [0.25, 0.3) is 0 Å². The normalized spacial score (nSPS) is 9.75. The molecule has 0 bridgehead atoms. The molecular formula is C11H10N4O. The Hall–Kier alpha value is -2.48. The number of nitriles is 1. The maximum atomic E-state index is 8.69. The van der Waals surface area contributed by atoms with Crippen molar-refractivity contribution in [3.05, 3.63) is 36.0 Å². The van der Waals surface area contributed by atoms with Gasteiger partial charge in [-0.2, -0.15) is 10.2 Å². The average Bonchev–Trinajstić information content (AvgIpc) is 2.70. The molecule has 1 aromatic heterocycles. The number of benzene rings is 1. The van der Waals surface area contributed by atoms with E-state index >= 15 is 0 Å². The first kappa shape index (κ1) is 10.1. The standard InChI is InChI=1S/C11H10N4O/c1-16-11-14-10(13)7-15(11)9-4-2-8(6-12)3-5-9/h2-5,7H,13H2,1H3. The fraction of sp³-hybridized carbons (Fsp3) is 0.0909. The molecule has 0 radical (unpaired) electrons. The van der Waals surface area contributed by atoms with Crippen LogP contribution in [-0.2, 0) is 0 Å². The molecule has 0 atom stereocenters. The first-order chi connectivity index (χ1) is 7.74. The number of imidazole rings is 1. The second-order valence-corrected chi connectivity index (χ2v) is 3.18. The third kappa shape index (κ3) is 1.68. The zero-order chi connectivity index (χ0) is 11.5. The van der Waals surface area contributed by atoms with Crippen molar-refractivity contribution in [3.8, 4) is 17.8 Å². The van der Waals surface area contributed by atoms with E-state index in [1.165, 1.54) is 7.11 Å². The van der Waals surface area contributed by atoms with Gasteiger partial charge in [-0.1, -0.05) is 0 Å². The molecule has 80 valence electrons. The van der Waals surface area contributed by atoms with Crippen molar-refractivity contribution >= 4 is 5.82 Å². The Labute approximate surface area is 92.7 Å². The van der Waals surface area contributed by atoms with E-state index in [0.29, 0.717) is 17.4 Å². The second-order valence-electron chi connectivity index (χ2n) is 3.18. The van der Waals surface area contributed by atoms with Crippen LogP contribution in [0.2, 0.25) is 0 Å². The van der Waals surface area contributed by atoms with Gasteiger partial charge in [0.15, 0.2) is 0 Å². The molecule has 0 spiro atoms. The Morgan fingerprint density at radius 3 is 2.62 bits per heavy atom. The van der Waals surface area contributed by atoms with Gasteiger partial charge in [-0.15, -0.1) is 0 Å². The van der Waals surface area contributed by atoms with Gasteiger partial charge < -0.3 is 10.5 Å². The van der Waals surface area contributed by atoms with Crippen molar-refractivity contribution in [2.24, 2.45) is 0 Å². The van der Waals surface area contributed by atoms with Crippen molar-refractivity contribution in [2.45, 2.75) is 0 Å². The van der Waals surface area contributed by atoms with E-state index in [-0.39, 0.29) is 0 Å². The number of methoxy groups -OCH3 is 1. The molecular weight excluding hydrogens is 204 g/mol. The molecule has 5 heteroatoms. The van der Waals surface area contributed by atoms with E-state index in [4.69, 9.17) is 15.7 Å². The largest absolute Gasteiger partial charge is 0.468 e. The van der Waals surface area contributed by atoms with Crippen LogP contribution < -0.4 is 10.5 Å². The number of nitrogens with two attached hydrogens (primary N) is 1. The van der Waals surface area contributed by atoms with Gasteiger partial charge in [0.1, 0.15) is 5.82 Å². The number of rotatable bonds is 2. The minimum absolute atomic E-state index is 0.390. The van der Waals surface area contributed by atoms with Crippen molar-refractivity contribution in [3.63, 3.8) is 0 Å². The van der Waals surface area contributed by atoms with Crippen LogP contribution >= 0.6 is 0 Å². The van der Waals surface area contributed by atoms with Gasteiger partial charge in [0.2, 0.25) is 0 Å². The summed E-state index contributed by atoms with van der Waals surface area (Å²) in [6, 6.07) is 9.55.